The fourth-order valence-electron chi connectivity index (χ4n) is 3.53. The number of benzene rings is 1. The molecule has 0 aliphatic carbocycles. The molecule has 2 aromatic rings. The number of amides is 1. The molecular formula is C18H20N4O3. The summed E-state index contributed by atoms with van der Waals surface area (Å²) in [4.78, 5) is 34.4. The van der Waals surface area contributed by atoms with E-state index in [0.717, 1.165) is 11.1 Å². The first kappa shape index (κ1) is 15.8. The van der Waals surface area contributed by atoms with E-state index in [2.05, 4.69) is 15.3 Å². The van der Waals surface area contributed by atoms with E-state index in [1.807, 2.05) is 36.1 Å². The maximum absolute atomic E-state index is 12.8. The number of aromatic amines is 1. The minimum absolute atomic E-state index is 0.119. The van der Waals surface area contributed by atoms with E-state index in [4.69, 9.17) is 4.74 Å². The van der Waals surface area contributed by atoms with Crippen molar-refractivity contribution in [1.29, 1.82) is 0 Å². The zero-order chi connectivity index (χ0) is 17.4. The average Bonchev–Trinajstić information content (AvgIpc) is 2.62. The minimum Gasteiger partial charge on any atom is -0.378 e. The molecule has 2 N–H and O–H groups in total. The predicted molar refractivity (Wildman–Crippen MR) is 94.2 cm³/mol. The van der Waals surface area contributed by atoms with Crippen molar-refractivity contribution < 1.29 is 9.53 Å². The van der Waals surface area contributed by atoms with E-state index < -0.39 is 0 Å². The third-order valence-corrected chi connectivity index (χ3v) is 4.81. The first-order chi connectivity index (χ1) is 12.1. The molecule has 130 valence electrons. The van der Waals surface area contributed by atoms with Crippen LogP contribution in [0.1, 0.15) is 29.0 Å². The summed E-state index contributed by atoms with van der Waals surface area (Å²) in [6.45, 7) is 4.51. The quantitative estimate of drug-likeness (QED) is 0.863. The van der Waals surface area contributed by atoms with Gasteiger partial charge in [-0.05, 0) is 18.1 Å². The van der Waals surface area contributed by atoms with Crippen molar-refractivity contribution in [3.8, 4) is 0 Å². The van der Waals surface area contributed by atoms with Crippen molar-refractivity contribution in [2.24, 2.45) is 0 Å². The first-order valence-corrected chi connectivity index (χ1v) is 8.46. The lowest BCUT2D eigenvalue weighted by Gasteiger charge is -2.30. The van der Waals surface area contributed by atoms with E-state index >= 15 is 0 Å². The average molecular weight is 340 g/mol. The lowest BCUT2D eigenvalue weighted by molar-refractivity contribution is -0.116. The number of H-pyrrole nitrogens is 1. The van der Waals surface area contributed by atoms with Crippen LogP contribution in [0.4, 0.5) is 11.8 Å². The molecule has 1 unspecified atom stereocenters. The Morgan fingerprint density at radius 1 is 1.20 bits per heavy atom. The summed E-state index contributed by atoms with van der Waals surface area (Å²) in [5.41, 5.74) is 2.39. The highest BCUT2D eigenvalue weighted by atomic mass is 16.5. The molecule has 0 saturated carbocycles. The fourth-order valence-corrected chi connectivity index (χ4v) is 3.53. The molecule has 1 aromatic heterocycles. The highest BCUT2D eigenvalue weighted by Crippen LogP contribution is 2.35. The number of aryl methyl sites for hydroxylation is 1. The second-order valence-electron chi connectivity index (χ2n) is 6.41. The van der Waals surface area contributed by atoms with Crippen molar-refractivity contribution in [1.82, 2.24) is 9.97 Å². The van der Waals surface area contributed by atoms with Crippen LogP contribution < -0.4 is 15.8 Å². The Hall–Kier alpha value is -2.67. The van der Waals surface area contributed by atoms with Crippen LogP contribution in [0.15, 0.2) is 29.1 Å². The number of morpholine rings is 1. The van der Waals surface area contributed by atoms with Gasteiger partial charge in [-0.25, -0.2) is 0 Å². The molecule has 2 aliphatic rings. The molecule has 1 atom stereocenters. The maximum atomic E-state index is 12.8. The molecule has 25 heavy (non-hydrogen) atoms. The Balaban J connectivity index is 1.80. The monoisotopic (exact) mass is 340 g/mol. The van der Waals surface area contributed by atoms with E-state index in [-0.39, 0.29) is 23.8 Å². The van der Waals surface area contributed by atoms with Gasteiger partial charge in [-0.1, -0.05) is 24.3 Å². The third kappa shape index (κ3) is 2.91. The van der Waals surface area contributed by atoms with Gasteiger partial charge in [0.25, 0.3) is 5.56 Å². The van der Waals surface area contributed by atoms with Crippen LogP contribution in [0.2, 0.25) is 0 Å². The Bertz CT molecular complexity index is 871. The molecule has 1 fully saturated rings. The SMILES string of the molecule is Cc1ccccc1C1CC(=O)Nc2nc(N3CCOCC3)[nH]c(=O)c21. The number of ether oxygens (including phenoxy) is 1. The Morgan fingerprint density at radius 3 is 2.72 bits per heavy atom. The summed E-state index contributed by atoms with van der Waals surface area (Å²) in [5, 5.41) is 2.77. The number of aromatic nitrogens is 2. The largest absolute Gasteiger partial charge is 0.378 e. The third-order valence-electron chi connectivity index (χ3n) is 4.81. The van der Waals surface area contributed by atoms with Gasteiger partial charge < -0.3 is 15.0 Å². The van der Waals surface area contributed by atoms with E-state index in [1.54, 1.807) is 0 Å². The summed E-state index contributed by atoms with van der Waals surface area (Å²) in [7, 11) is 0. The Kier molecular flexibility index (Phi) is 4.01. The number of nitrogens with zero attached hydrogens (tertiary/aromatic N) is 2. The molecule has 7 heteroatoms. The van der Waals surface area contributed by atoms with Crippen molar-refractivity contribution in [3.05, 3.63) is 51.3 Å². The molecule has 3 heterocycles. The lowest BCUT2D eigenvalue weighted by atomic mass is 9.84. The molecule has 1 aromatic carbocycles. The van der Waals surface area contributed by atoms with Crippen molar-refractivity contribution in [2.75, 3.05) is 36.5 Å². The number of hydrogen-bond donors (Lipinski definition) is 2. The van der Waals surface area contributed by atoms with Crippen LogP contribution in [0.5, 0.6) is 0 Å². The van der Waals surface area contributed by atoms with Crippen LogP contribution in [0.25, 0.3) is 0 Å². The van der Waals surface area contributed by atoms with E-state index in [9.17, 15) is 9.59 Å². The second kappa shape index (κ2) is 6.33. The topological polar surface area (TPSA) is 87.3 Å². The predicted octanol–water partition coefficient (Wildman–Crippen LogP) is 1.39. The van der Waals surface area contributed by atoms with Gasteiger partial charge in [-0.15, -0.1) is 0 Å². The molecule has 0 spiro atoms. The highest BCUT2D eigenvalue weighted by molar-refractivity contribution is 5.94. The fraction of sp³-hybridized carbons (Fsp3) is 0.389. The first-order valence-electron chi connectivity index (χ1n) is 8.46. The minimum atomic E-state index is -0.278. The summed E-state index contributed by atoms with van der Waals surface area (Å²) in [6, 6.07) is 7.84. The summed E-state index contributed by atoms with van der Waals surface area (Å²) < 4.78 is 5.34. The van der Waals surface area contributed by atoms with Crippen LogP contribution >= 0.6 is 0 Å². The molecular weight excluding hydrogens is 320 g/mol. The molecule has 0 radical (unpaired) electrons. The van der Waals surface area contributed by atoms with Gasteiger partial charge >= 0.3 is 0 Å². The normalized spacial score (nSPS) is 20.1. The zero-order valence-corrected chi connectivity index (χ0v) is 14.0. The van der Waals surface area contributed by atoms with Crippen LogP contribution in [-0.2, 0) is 9.53 Å². The van der Waals surface area contributed by atoms with Crippen molar-refractivity contribution in [3.63, 3.8) is 0 Å². The van der Waals surface area contributed by atoms with E-state index in [1.165, 1.54) is 0 Å². The molecule has 4 rings (SSSR count). The molecule has 1 amide bonds. The second-order valence-corrected chi connectivity index (χ2v) is 6.41. The number of hydrogen-bond acceptors (Lipinski definition) is 5. The standard InChI is InChI=1S/C18H20N4O3/c1-11-4-2-3-5-12(11)13-10-14(23)19-16-15(13)17(24)21-18(20-16)22-6-8-25-9-7-22/h2-5,13H,6-10H2,1H3,(H2,19,20,21,23,24). The number of carbonyl (C=O) groups excluding carboxylic acids is 1. The van der Waals surface area contributed by atoms with Crippen molar-refractivity contribution in [2.45, 2.75) is 19.3 Å². The number of carbonyl (C=O) groups is 1. The Labute approximate surface area is 145 Å². The van der Waals surface area contributed by atoms with Crippen molar-refractivity contribution >= 4 is 17.7 Å². The van der Waals surface area contributed by atoms with Gasteiger partial charge in [0.15, 0.2) is 0 Å². The number of fused-ring (bicyclic) bond motifs is 1. The number of anilines is 2. The summed E-state index contributed by atoms with van der Waals surface area (Å²) in [5.74, 6) is 0.458. The smallest absolute Gasteiger partial charge is 0.258 e. The van der Waals surface area contributed by atoms with Crippen LogP contribution in [0.3, 0.4) is 0 Å². The summed E-state index contributed by atoms with van der Waals surface area (Å²) >= 11 is 0. The maximum Gasteiger partial charge on any atom is 0.258 e. The van der Waals surface area contributed by atoms with Gasteiger partial charge in [0, 0.05) is 25.4 Å². The molecule has 7 nitrogen and oxygen atoms in total. The number of rotatable bonds is 2. The Morgan fingerprint density at radius 2 is 1.96 bits per heavy atom. The van der Waals surface area contributed by atoms with E-state index in [0.29, 0.717) is 43.6 Å². The molecule has 2 aliphatic heterocycles. The van der Waals surface area contributed by atoms with Gasteiger partial charge in [0.2, 0.25) is 11.9 Å². The molecule has 0 bridgehead atoms. The number of nitrogens with one attached hydrogen (secondary N) is 2. The van der Waals surface area contributed by atoms with Gasteiger partial charge in [-0.3, -0.25) is 14.6 Å². The lowest BCUT2D eigenvalue weighted by Crippen LogP contribution is -2.40. The highest BCUT2D eigenvalue weighted by Gasteiger charge is 2.32. The van der Waals surface area contributed by atoms with Gasteiger partial charge in [0.1, 0.15) is 5.82 Å². The van der Waals surface area contributed by atoms with Crippen LogP contribution in [0, 0.1) is 6.92 Å². The van der Waals surface area contributed by atoms with Gasteiger partial charge in [-0.2, -0.15) is 4.98 Å². The zero-order valence-electron chi connectivity index (χ0n) is 14.0. The summed E-state index contributed by atoms with van der Waals surface area (Å²) in [6.07, 6.45) is 0.250. The van der Waals surface area contributed by atoms with Crippen LogP contribution in [-0.4, -0.2) is 42.2 Å². The van der Waals surface area contributed by atoms with Gasteiger partial charge in [0.05, 0.1) is 18.8 Å². The molecule has 1 saturated heterocycles.